The van der Waals surface area contributed by atoms with Crippen LogP contribution in [0.15, 0.2) is 18.5 Å². The lowest BCUT2D eigenvalue weighted by Gasteiger charge is -2.20. The normalized spacial score (nSPS) is 18.2. The molecule has 7 heteroatoms. The van der Waals surface area contributed by atoms with E-state index in [-0.39, 0.29) is 6.04 Å². The van der Waals surface area contributed by atoms with Crippen LogP contribution in [-0.2, 0) is 0 Å². The zero-order valence-electron chi connectivity index (χ0n) is 11.7. The summed E-state index contributed by atoms with van der Waals surface area (Å²) in [7, 11) is 0. The Labute approximate surface area is 131 Å². The van der Waals surface area contributed by atoms with Crippen molar-refractivity contribution in [3.63, 3.8) is 0 Å². The third-order valence-corrected chi connectivity index (χ3v) is 4.37. The Morgan fingerprint density at radius 3 is 3.00 bits per heavy atom. The van der Waals surface area contributed by atoms with E-state index in [4.69, 9.17) is 22.6 Å². The number of aromatic nitrogens is 3. The van der Waals surface area contributed by atoms with Gasteiger partial charge in [0.15, 0.2) is 0 Å². The summed E-state index contributed by atoms with van der Waals surface area (Å²) in [6, 6.07) is 4.00. The van der Waals surface area contributed by atoms with Gasteiger partial charge in [-0.2, -0.15) is 5.26 Å². The summed E-state index contributed by atoms with van der Waals surface area (Å²) >= 11 is 6.42. The third kappa shape index (κ3) is 1.90. The number of aromatic amines is 1. The first kappa shape index (κ1) is 13.3. The molecule has 0 aromatic carbocycles. The molecular formula is C15H13ClN6. The summed E-state index contributed by atoms with van der Waals surface area (Å²) in [6.07, 6.45) is 4.24. The Kier molecular flexibility index (Phi) is 2.93. The number of halogens is 1. The van der Waals surface area contributed by atoms with Gasteiger partial charge in [0.25, 0.3) is 0 Å². The van der Waals surface area contributed by atoms with Crippen molar-refractivity contribution < 1.29 is 0 Å². The molecule has 6 nitrogen and oxygen atoms in total. The number of nitrogens with one attached hydrogen (secondary N) is 1. The van der Waals surface area contributed by atoms with Crippen LogP contribution in [0.25, 0.3) is 21.9 Å². The van der Waals surface area contributed by atoms with E-state index in [2.05, 4.69) is 25.9 Å². The van der Waals surface area contributed by atoms with E-state index >= 15 is 0 Å². The van der Waals surface area contributed by atoms with Crippen LogP contribution < -0.4 is 10.6 Å². The SMILES string of the molecule is N#Cc1cc2c(cn1)[nH]c1ncc(Cl)c(N3CC[C@H](N)C3)c12. The maximum Gasteiger partial charge on any atom is 0.141 e. The second-order valence-electron chi connectivity index (χ2n) is 5.53. The van der Waals surface area contributed by atoms with E-state index in [9.17, 15) is 0 Å². The zero-order valence-corrected chi connectivity index (χ0v) is 12.4. The van der Waals surface area contributed by atoms with E-state index in [0.29, 0.717) is 10.7 Å². The molecule has 4 rings (SSSR count). The van der Waals surface area contributed by atoms with E-state index < -0.39 is 0 Å². The number of pyridine rings is 2. The van der Waals surface area contributed by atoms with Gasteiger partial charge in [-0.3, -0.25) is 0 Å². The van der Waals surface area contributed by atoms with Crippen LogP contribution in [0.2, 0.25) is 5.02 Å². The summed E-state index contributed by atoms with van der Waals surface area (Å²) in [5, 5.41) is 11.5. The van der Waals surface area contributed by atoms with Gasteiger partial charge < -0.3 is 15.6 Å². The van der Waals surface area contributed by atoms with Crippen LogP contribution in [0.1, 0.15) is 12.1 Å². The molecule has 0 spiro atoms. The van der Waals surface area contributed by atoms with E-state index in [1.165, 1.54) is 0 Å². The lowest BCUT2D eigenvalue weighted by molar-refractivity contribution is 0.752. The molecule has 110 valence electrons. The topological polar surface area (TPSA) is 94.6 Å². The number of anilines is 1. The average molecular weight is 313 g/mol. The molecule has 1 atom stereocenters. The molecule has 3 aromatic heterocycles. The average Bonchev–Trinajstić information content (AvgIpc) is 3.10. The largest absolute Gasteiger partial charge is 0.368 e. The molecule has 22 heavy (non-hydrogen) atoms. The summed E-state index contributed by atoms with van der Waals surface area (Å²) in [5.74, 6) is 0. The van der Waals surface area contributed by atoms with Gasteiger partial charge in [-0.1, -0.05) is 11.6 Å². The minimum Gasteiger partial charge on any atom is -0.368 e. The molecular weight excluding hydrogens is 300 g/mol. The van der Waals surface area contributed by atoms with E-state index in [0.717, 1.165) is 47.1 Å². The van der Waals surface area contributed by atoms with Gasteiger partial charge in [0.1, 0.15) is 17.4 Å². The first-order chi connectivity index (χ1) is 10.7. The number of nitrogens with two attached hydrogens (primary N) is 1. The highest BCUT2D eigenvalue weighted by Crippen LogP contribution is 2.38. The fourth-order valence-corrected chi connectivity index (χ4v) is 3.34. The van der Waals surface area contributed by atoms with Crippen molar-refractivity contribution in [3.05, 3.63) is 29.2 Å². The molecule has 3 N–H and O–H groups in total. The number of hydrogen-bond donors (Lipinski definition) is 2. The Hall–Kier alpha value is -2.36. The van der Waals surface area contributed by atoms with Gasteiger partial charge in [0.05, 0.1) is 34.0 Å². The second-order valence-corrected chi connectivity index (χ2v) is 5.93. The Morgan fingerprint density at radius 2 is 2.27 bits per heavy atom. The van der Waals surface area contributed by atoms with Gasteiger partial charge in [-0.15, -0.1) is 0 Å². The number of hydrogen-bond acceptors (Lipinski definition) is 5. The molecule has 0 bridgehead atoms. The molecule has 0 saturated carbocycles. The number of nitrogens with zero attached hydrogens (tertiary/aromatic N) is 4. The second kappa shape index (κ2) is 4.83. The number of nitriles is 1. The van der Waals surface area contributed by atoms with Crippen molar-refractivity contribution in [2.45, 2.75) is 12.5 Å². The Morgan fingerprint density at radius 1 is 1.41 bits per heavy atom. The highest BCUT2D eigenvalue weighted by Gasteiger charge is 2.25. The monoisotopic (exact) mass is 312 g/mol. The quantitative estimate of drug-likeness (QED) is 0.718. The van der Waals surface area contributed by atoms with Gasteiger partial charge in [-0.25, -0.2) is 9.97 Å². The number of rotatable bonds is 1. The van der Waals surface area contributed by atoms with Gasteiger partial charge in [0.2, 0.25) is 0 Å². The maximum atomic E-state index is 9.09. The predicted molar refractivity (Wildman–Crippen MR) is 85.9 cm³/mol. The minimum atomic E-state index is 0.154. The van der Waals surface area contributed by atoms with Crippen molar-refractivity contribution in [1.82, 2.24) is 15.0 Å². The lowest BCUT2D eigenvalue weighted by Crippen LogP contribution is -2.26. The van der Waals surface area contributed by atoms with Crippen molar-refractivity contribution in [2.75, 3.05) is 18.0 Å². The molecule has 1 aliphatic rings. The molecule has 0 aliphatic carbocycles. The summed E-state index contributed by atoms with van der Waals surface area (Å²) in [5.41, 5.74) is 8.92. The fraction of sp³-hybridized carbons (Fsp3) is 0.267. The van der Waals surface area contributed by atoms with Crippen molar-refractivity contribution >= 4 is 39.2 Å². The van der Waals surface area contributed by atoms with Gasteiger partial charge in [-0.05, 0) is 12.5 Å². The molecule has 4 heterocycles. The molecule has 0 unspecified atom stereocenters. The van der Waals surface area contributed by atoms with E-state index in [1.807, 2.05) is 0 Å². The van der Waals surface area contributed by atoms with Crippen LogP contribution in [-0.4, -0.2) is 34.1 Å². The maximum absolute atomic E-state index is 9.09. The van der Waals surface area contributed by atoms with Crippen LogP contribution in [0.3, 0.4) is 0 Å². The summed E-state index contributed by atoms with van der Waals surface area (Å²) in [4.78, 5) is 13.9. The zero-order chi connectivity index (χ0) is 15.3. The smallest absolute Gasteiger partial charge is 0.141 e. The third-order valence-electron chi connectivity index (χ3n) is 4.09. The predicted octanol–water partition coefficient (Wildman–Crippen LogP) is 2.17. The highest BCUT2D eigenvalue weighted by atomic mass is 35.5. The molecule has 0 radical (unpaired) electrons. The minimum absolute atomic E-state index is 0.154. The van der Waals surface area contributed by atoms with Crippen LogP contribution >= 0.6 is 11.6 Å². The Bertz CT molecular complexity index is 925. The van der Waals surface area contributed by atoms with Gasteiger partial charge >= 0.3 is 0 Å². The molecule has 1 saturated heterocycles. The molecule has 0 amide bonds. The Balaban J connectivity index is 2.05. The fourth-order valence-electron chi connectivity index (χ4n) is 3.08. The highest BCUT2D eigenvalue weighted by molar-refractivity contribution is 6.35. The molecule has 1 aliphatic heterocycles. The number of fused-ring (bicyclic) bond motifs is 3. The number of H-pyrrole nitrogens is 1. The van der Waals surface area contributed by atoms with Crippen LogP contribution in [0.5, 0.6) is 0 Å². The molecule has 3 aromatic rings. The first-order valence-corrected chi connectivity index (χ1v) is 7.41. The first-order valence-electron chi connectivity index (χ1n) is 7.04. The standard InChI is InChI=1S/C15H13ClN6/c16-11-5-20-15-13(14(11)22-2-1-8(18)7-22)10-3-9(4-17)19-6-12(10)21-15/h3,5-6,8H,1-2,7,18H2,(H,20,21)/t8-/m0/s1. The van der Waals surface area contributed by atoms with Crippen molar-refractivity contribution in [3.8, 4) is 6.07 Å². The van der Waals surface area contributed by atoms with Gasteiger partial charge in [0, 0.05) is 24.5 Å². The van der Waals surface area contributed by atoms with Crippen molar-refractivity contribution in [1.29, 1.82) is 5.26 Å². The lowest BCUT2D eigenvalue weighted by atomic mass is 10.1. The summed E-state index contributed by atoms with van der Waals surface area (Å²) < 4.78 is 0. The van der Waals surface area contributed by atoms with Crippen molar-refractivity contribution in [2.24, 2.45) is 5.73 Å². The van der Waals surface area contributed by atoms with Crippen LogP contribution in [0, 0.1) is 11.3 Å². The molecule has 1 fully saturated rings. The van der Waals surface area contributed by atoms with E-state index in [1.54, 1.807) is 18.5 Å². The summed E-state index contributed by atoms with van der Waals surface area (Å²) in [6.45, 7) is 1.63. The van der Waals surface area contributed by atoms with Crippen LogP contribution in [0.4, 0.5) is 5.69 Å².